The lowest BCUT2D eigenvalue weighted by molar-refractivity contribution is 0.0949. The van der Waals surface area contributed by atoms with Gasteiger partial charge in [-0.3, -0.25) is 14.7 Å². The molecule has 2 aromatic carbocycles. The van der Waals surface area contributed by atoms with Crippen LogP contribution < -0.4 is 10.6 Å². The Morgan fingerprint density at radius 2 is 1.96 bits per heavy atom. The quantitative estimate of drug-likeness (QED) is 0.685. The fourth-order valence-corrected chi connectivity index (χ4v) is 2.73. The van der Waals surface area contributed by atoms with Crippen molar-refractivity contribution >= 4 is 28.4 Å². The number of hydrogen-bond donors (Lipinski definition) is 3. The summed E-state index contributed by atoms with van der Waals surface area (Å²) >= 11 is 0. The van der Waals surface area contributed by atoms with Crippen LogP contribution in [0.25, 0.3) is 10.9 Å². The van der Waals surface area contributed by atoms with Crippen LogP contribution in [0.4, 0.5) is 5.69 Å². The van der Waals surface area contributed by atoms with E-state index in [0.29, 0.717) is 23.0 Å². The summed E-state index contributed by atoms with van der Waals surface area (Å²) in [7, 11) is 0. The Bertz CT molecular complexity index is 972. The smallest absolute Gasteiger partial charge is 0.276 e. The molecule has 4 rings (SSSR count). The molecule has 0 aliphatic heterocycles. The van der Waals surface area contributed by atoms with Gasteiger partial charge in [0.05, 0.1) is 5.52 Å². The molecule has 1 saturated carbocycles. The molecule has 6 nitrogen and oxygen atoms in total. The van der Waals surface area contributed by atoms with Gasteiger partial charge in [-0.15, -0.1) is 0 Å². The molecular formula is C19H18N4O2. The number of nitrogens with one attached hydrogen (secondary N) is 3. The first-order valence-corrected chi connectivity index (χ1v) is 8.27. The number of benzene rings is 2. The van der Waals surface area contributed by atoms with Gasteiger partial charge in [0.15, 0.2) is 5.69 Å². The highest BCUT2D eigenvalue weighted by atomic mass is 16.2. The van der Waals surface area contributed by atoms with Crippen molar-refractivity contribution in [1.82, 2.24) is 15.5 Å². The standard InChI is InChI=1S/C19H18N4O2/c1-11-5-8-16-15(9-11)17(23-22-16)19(25)21-14-4-2-3-12(10-14)18(24)20-13-6-7-13/h2-5,8-10,13H,6-7H2,1H3,(H,20,24)(H,21,25)(H,22,23). The highest BCUT2D eigenvalue weighted by Crippen LogP contribution is 2.21. The number of aryl methyl sites for hydroxylation is 1. The third-order valence-corrected chi connectivity index (χ3v) is 4.23. The molecule has 0 radical (unpaired) electrons. The summed E-state index contributed by atoms with van der Waals surface area (Å²) in [6, 6.07) is 13.0. The Morgan fingerprint density at radius 3 is 2.76 bits per heavy atom. The van der Waals surface area contributed by atoms with Crippen molar-refractivity contribution in [1.29, 1.82) is 0 Å². The van der Waals surface area contributed by atoms with Gasteiger partial charge in [0.25, 0.3) is 11.8 Å². The molecule has 6 heteroatoms. The molecule has 3 aromatic rings. The fraction of sp³-hybridized carbons (Fsp3) is 0.211. The first kappa shape index (κ1) is 15.4. The van der Waals surface area contributed by atoms with Crippen LogP contribution in [0.15, 0.2) is 42.5 Å². The van der Waals surface area contributed by atoms with Crippen LogP contribution in [0.1, 0.15) is 39.3 Å². The zero-order chi connectivity index (χ0) is 17.4. The van der Waals surface area contributed by atoms with E-state index in [1.165, 1.54) is 0 Å². The molecule has 126 valence electrons. The van der Waals surface area contributed by atoms with Gasteiger partial charge in [-0.05, 0) is 50.1 Å². The van der Waals surface area contributed by atoms with E-state index in [1.54, 1.807) is 24.3 Å². The molecule has 0 saturated heterocycles. The Kier molecular flexibility index (Phi) is 3.72. The Balaban J connectivity index is 1.55. The maximum Gasteiger partial charge on any atom is 0.276 e. The Labute approximate surface area is 144 Å². The van der Waals surface area contributed by atoms with Crippen LogP contribution in [-0.4, -0.2) is 28.1 Å². The minimum Gasteiger partial charge on any atom is -0.349 e. The minimum absolute atomic E-state index is 0.112. The predicted octanol–water partition coefficient (Wildman–Crippen LogP) is 3.02. The molecule has 1 aliphatic rings. The summed E-state index contributed by atoms with van der Waals surface area (Å²) in [5.41, 5.74) is 3.31. The maximum atomic E-state index is 12.6. The van der Waals surface area contributed by atoms with Gasteiger partial charge in [0, 0.05) is 22.7 Å². The van der Waals surface area contributed by atoms with E-state index in [2.05, 4.69) is 20.8 Å². The van der Waals surface area contributed by atoms with Gasteiger partial charge in [-0.1, -0.05) is 17.7 Å². The van der Waals surface area contributed by atoms with E-state index < -0.39 is 0 Å². The first-order valence-electron chi connectivity index (χ1n) is 8.27. The summed E-state index contributed by atoms with van der Waals surface area (Å²) in [5, 5.41) is 13.5. The summed E-state index contributed by atoms with van der Waals surface area (Å²) in [6.07, 6.45) is 2.07. The molecule has 25 heavy (non-hydrogen) atoms. The topological polar surface area (TPSA) is 86.9 Å². The van der Waals surface area contributed by atoms with Crippen LogP contribution in [0.2, 0.25) is 0 Å². The fourth-order valence-electron chi connectivity index (χ4n) is 2.73. The summed E-state index contributed by atoms with van der Waals surface area (Å²) in [6.45, 7) is 1.97. The molecule has 3 N–H and O–H groups in total. The van der Waals surface area contributed by atoms with Gasteiger partial charge < -0.3 is 10.6 Å². The minimum atomic E-state index is -0.309. The Hall–Kier alpha value is -3.15. The van der Waals surface area contributed by atoms with Crippen LogP contribution in [-0.2, 0) is 0 Å². The second-order valence-corrected chi connectivity index (χ2v) is 6.40. The number of aromatic amines is 1. The monoisotopic (exact) mass is 334 g/mol. The van der Waals surface area contributed by atoms with E-state index in [0.717, 1.165) is 29.3 Å². The van der Waals surface area contributed by atoms with Crippen LogP contribution in [0.5, 0.6) is 0 Å². The van der Waals surface area contributed by atoms with Gasteiger partial charge in [0.1, 0.15) is 0 Å². The summed E-state index contributed by atoms with van der Waals surface area (Å²) in [4.78, 5) is 24.7. The molecule has 0 unspecified atom stereocenters. The number of carbonyl (C=O) groups is 2. The zero-order valence-corrected chi connectivity index (χ0v) is 13.8. The van der Waals surface area contributed by atoms with Crippen LogP contribution in [0.3, 0.4) is 0 Å². The Morgan fingerprint density at radius 1 is 1.12 bits per heavy atom. The number of aromatic nitrogens is 2. The molecule has 1 heterocycles. The molecular weight excluding hydrogens is 316 g/mol. The van der Waals surface area contributed by atoms with Crippen molar-refractivity contribution in [3.8, 4) is 0 Å². The maximum absolute atomic E-state index is 12.6. The first-order chi connectivity index (χ1) is 12.1. The second-order valence-electron chi connectivity index (χ2n) is 6.40. The number of anilines is 1. The lowest BCUT2D eigenvalue weighted by Crippen LogP contribution is -2.25. The normalized spacial score (nSPS) is 13.6. The predicted molar refractivity (Wildman–Crippen MR) is 95.7 cm³/mol. The molecule has 2 amide bonds. The van der Waals surface area contributed by atoms with Crippen LogP contribution in [0, 0.1) is 6.92 Å². The number of nitrogens with zero attached hydrogens (tertiary/aromatic N) is 1. The van der Waals surface area contributed by atoms with Gasteiger partial charge in [-0.25, -0.2) is 0 Å². The lowest BCUT2D eigenvalue weighted by atomic mass is 10.1. The SMILES string of the molecule is Cc1ccc2[nH]nc(C(=O)Nc3cccc(C(=O)NC4CC4)c3)c2c1. The van der Waals surface area contributed by atoms with Crippen molar-refractivity contribution in [3.63, 3.8) is 0 Å². The largest absolute Gasteiger partial charge is 0.349 e. The average molecular weight is 334 g/mol. The summed E-state index contributed by atoms with van der Waals surface area (Å²) in [5.74, 6) is -0.420. The number of H-pyrrole nitrogens is 1. The van der Waals surface area contributed by atoms with Crippen molar-refractivity contribution in [2.24, 2.45) is 0 Å². The number of rotatable bonds is 4. The van der Waals surface area contributed by atoms with Crippen molar-refractivity contribution in [2.75, 3.05) is 5.32 Å². The molecule has 0 atom stereocenters. The van der Waals surface area contributed by atoms with Crippen LogP contribution >= 0.6 is 0 Å². The second kappa shape index (κ2) is 6.05. The molecule has 0 spiro atoms. The van der Waals surface area contributed by atoms with E-state index in [1.807, 2.05) is 25.1 Å². The number of amides is 2. The third-order valence-electron chi connectivity index (χ3n) is 4.23. The number of fused-ring (bicyclic) bond motifs is 1. The average Bonchev–Trinajstić information content (AvgIpc) is 3.31. The zero-order valence-electron chi connectivity index (χ0n) is 13.8. The molecule has 1 aliphatic carbocycles. The molecule has 1 aromatic heterocycles. The third kappa shape index (κ3) is 3.24. The number of hydrogen-bond acceptors (Lipinski definition) is 3. The van der Waals surface area contributed by atoms with Gasteiger partial charge in [-0.2, -0.15) is 5.10 Å². The van der Waals surface area contributed by atoms with Crippen molar-refractivity contribution in [2.45, 2.75) is 25.8 Å². The van der Waals surface area contributed by atoms with E-state index in [4.69, 9.17) is 0 Å². The molecule has 1 fully saturated rings. The van der Waals surface area contributed by atoms with Crippen molar-refractivity contribution < 1.29 is 9.59 Å². The highest BCUT2D eigenvalue weighted by Gasteiger charge is 2.24. The summed E-state index contributed by atoms with van der Waals surface area (Å²) < 4.78 is 0. The van der Waals surface area contributed by atoms with E-state index in [9.17, 15) is 9.59 Å². The molecule has 0 bridgehead atoms. The van der Waals surface area contributed by atoms with Crippen molar-refractivity contribution in [3.05, 3.63) is 59.3 Å². The van der Waals surface area contributed by atoms with Gasteiger partial charge in [0.2, 0.25) is 0 Å². The lowest BCUT2D eigenvalue weighted by Gasteiger charge is -2.07. The highest BCUT2D eigenvalue weighted by molar-refractivity contribution is 6.11. The van der Waals surface area contributed by atoms with E-state index in [-0.39, 0.29) is 11.8 Å². The van der Waals surface area contributed by atoms with E-state index >= 15 is 0 Å². The van der Waals surface area contributed by atoms with Gasteiger partial charge >= 0.3 is 0 Å². The number of carbonyl (C=O) groups excluding carboxylic acids is 2.